The van der Waals surface area contributed by atoms with E-state index in [-0.39, 0.29) is 30.1 Å². The monoisotopic (exact) mass is 560 g/mol. The van der Waals surface area contributed by atoms with Gasteiger partial charge in [-0.05, 0) is 59.9 Å². The number of alkyl carbamates (subject to hydrolysis) is 1. The van der Waals surface area contributed by atoms with Crippen LogP contribution in [0.5, 0.6) is 0 Å². The zero-order chi connectivity index (χ0) is 23.1. The van der Waals surface area contributed by atoms with E-state index in [1.807, 2.05) is 34.6 Å². The van der Waals surface area contributed by atoms with Crippen LogP contribution in [-0.2, 0) is 9.47 Å². The van der Waals surface area contributed by atoms with Gasteiger partial charge in [-0.2, -0.15) is 0 Å². The zero-order valence-electron chi connectivity index (χ0n) is 20.6. The van der Waals surface area contributed by atoms with Crippen LogP contribution >= 0.6 is 24.0 Å². The molecule has 2 unspecified atom stereocenters. The van der Waals surface area contributed by atoms with Gasteiger partial charge in [-0.25, -0.2) is 4.79 Å². The Hall–Kier alpha value is -1.55. The average Bonchev–Trinajstić information content (AvgIpc) is 2.67. The smallest absolute Gasteiger partial charge is 0.408 e. The van der Waals surface area contributed by atoms with E-state index in [4.69, 9.17) is 9.47 Å². The molecular formula is C24H41IN4O3. The van der Waals surface area contributed by atoms with Crippen molar-refractivity contribution in [2.75, 3.05) is 26.7 Å². The number of aryl methyl sites for hydroxylation is 1. The minimum Gasteiger partial charge on any atom is -0.444 e. The highest BCUT2D eigenvalue weighted by molar-refractivity contribution is 14.0. The number of aliphatic imine (C=N–C) groups is 1. The molecule has 1 aliphatic heterocycles. The van der Waals surface area contributed by atoms with Crippen LogP contribution in [0, 0.1) is 12.8 Å². The van der Waals surface area contributed by atoms with Crippen molar-refractivity contribution in [1.82, 2.24) is 16.0 Å². The Morgan fingerprint density at radius 1 is 1.16 bits per heavy atom. The molecule has 182 valence electrons. The van der Waals surface area contributed by atoms with Gasteiger partial charge in [0, 0.05) is 32.7 Å². The Labute approximate surface area is 210 Å². The van der Waals surface area contributed by atoms with Crippen molar-refractivity contribution < 1.29 is 14.3 Å². The quantitative estimate of drug-likeness (QED) is 0.270. The van der Waals surface area contributed by atoms with Gasteiger partial charge in [-0.15, -0.1) is 24.0 Å². The molecule has 0 radical (unpaired) electrons. The summed E-state index contributed by atoms with van der Waals surface area (Å²) in [6.07, 6.45) is 1.83. The number of benzene rings is 1. The predicted octanol–water partition coefficient (Wildman–Crippen LogP) is 4.55. The number of halogens is 1. The highest BCUT2D eigenvalue weighted by Crippen LogP contribution is 2.33. The number of carbonyl (C=O) groups is 1. The Morgan fingerprint density at radius 3 is 2.41 bits per heavy atom. The first-order chi connectivity index (χ1) is 14.5. The average molecular weight is 561 g/mol. The maximum atomic E-state index is 12.1. The standard InChI is InChI=1S/C24H40N4O3.HI/c1-17-10-12-18(13-11-17)20-19(9-8-14-30-20)15-26-21(25-7)27-16-24(5,6)28-22(29)31-23(2,3)4;/h10-13,19-20H,8-9,14-16H2,1-7H3,(H,28,29)(H2,25,26,27);1H. The van der Waals surface area contributed by atoms with Crippen molar-refractivity contribution in [2.45, 2.75) is 71.6 Å². The summed E-state index contributed by atoms with van der Waals surface area (Å²) in [5.41, 5.74) is 1.45. The molecule has 1 saturated heterocycles. The van der Waals surface area contributed by atoms with Crippen molar-refractivity contribution in [2.24, 2.45) is 10.9 Å². The van der Waals surface area contributed by atoms with E-state index < -0.39 is 17.2 Å². The predicted molar refractivity (Wildman–Crippen MR) is 141 cm³/mol. The fraction of sp³-hybridized carbons (Fsp3) is 0.667. The molecule has 2 rings (SSSR count). The molecule has 0 aliphatic carbocycles. The van der Waals surface area contributed by atoms with E-state index in [0.717, 1.165) is 26.0 Å². The first kappa shape index (κ1) is 28.5. The van der Waals surface area contributed by atoms with Crippen LogP contribution < -0.4 is 16.0 Å². The molecule has 1 fully saturated rings. The molecule has 0 bridgehead atoms. The third-order valence-corrected chi connectivity index (χ3v) is 5.14. The Kier molecular flexibility index (Phi) is 11.2. The summed E-state index contributed by atoms with van der Waals surface area (Å²) in [6.45, 7) is 13.6. The lowest BCUT2D eigenvalue weighted by Crippen LogP contribution is -2.54. The number of nitrogens with zero attached hydrogens (tertiary/aromatic N) is 1. The molecule has 7 nitrogen and oxygen atoms in total. The third-order valence-electron chi connectivity index (χ3n) is 5.14. The first-order valence-electron chi connectivity index (χ1n) is 11.1. The largest absolute Gasteiger partial charge is 0.444 e. The lowest BCUT2D eigenvalue weighted by atomic mass is 9.89. The number of carbonyl (C=O) groups excluding carboxylic acids is 1. The normalized spacial score (nSPS) is 19.5. The van der Waals surface area contributed by atoms with Gasteiger partial charge >= 0.3 is 6.09 Å². The number of nitrogens with one attached hydrogen (secondary N) is 3. The zero-order valence-corrected chi connectivity index (χ0v) is 22.9. The van der Waals surface area contributed by atoms with Gasteiger partial charge in [-0.3, -0.25) is 4.99 Å². The van der Waals surface area contributed by atoms with Crippen molar-refractivity contribution in [3.8, 4) is 0 Å². The van der Waals surface area contributed by atoms with Crippen LogP contribution in [0.2, 0.25) is 0 Å². The van der Waals surface area contributed by atoms with Gasteiger partial charge in [0.2, 0.25) is 0 Å². The Bertz CT molecular complexity index is 745. The second-order valence-corrected chi connectivity index (χ2v) is 9.92. The summed E-state index contributed by atoms with van der Waals surface area (Å²) >= 11 is 0. The van der Waals surface area contributed by atoms with E-state index in [0.29, 0.717) is 18.4 Å². The van der Waals surface area contributed by atoms with E-state index >= 15 is 0 Å². The van der Waals surface area contributed by atoms with E-state index in [2.05, 4.69) is 52.1 Å². The second-order valence-electron chi connectivity index (χ2n) is 9.92. The Balaban J connectivity index is 0.00000512. The summed E-state index contributed by atoms with van der Waals surface area (Å²) in [6, 6.07) is 8.60. The topological polar surface area (TPSA) is 84.0 Å². The fourth-order valence-corrected chi connectivity index (χ4v) is 3.55. The molecule has 0 aromatic heterocycles. The lowest BCUT2D eigenvalue weighted by Gasteiger charge is -2.33. The second kappa shape index (κ2) is 12.6. The molecule has 0 spiro atoms. The molecular weight excluding hydrogens is 519 g/mol. The molecule has 0 saturated carbocycles. The van der Waals surface area contributed by atoms with Crippen molar-refractivity contribution >= 4 is 36.0 Å². The highest BCUT2D eigenvalue weighted by Gasteiger charge is 2.28. The lowest BCUT2D eigenvalue weighted by molar-refractivity contribution is -0.0265. The van der Waals surface area contributed by atoms with Crippen LogP contribution in [0.25, 0.3) is 0 Å². The first-order valence-corrected chi connectivity index (χ1v) is 11.1. The van der Waals surface area contributed by atoms with Gasteiger partial charge in [0.15, 0.2) is 5.96 Å². The number of hydrogen-bond donors (Lipinski definition) is 3. The number of guanidine groups is 1. The number of amides is 1. The summed E-state index contributed by atoms with van der Waals surface area (Å²) in [7, 11) is 1.75. The van der Waals surface area contributed by atoms with Crippen molar-refractivity contribution in [3.63, 3.8) is 0 Å². The minimum atomic E-state index is -0.527. The minimum absolute atomic E-state index is 0. The molecule has 32 heavy (non-hydrogen) atoms. The third kappa shape index (κ3) is 9.94. The Morgan fingerprint density at radius 2 is 1.81 bits per heavy atom. The van der Waals surface area contributed by atoms with Gasteiger partial charge in [-0.1, -0.05) is 29.8 Å². The van der Waals surface area contributed by atoms with Crippen LogP contribution in [0.15, 0.2) is 29.3 Å². The molecule has 1 aliphatic rings. The fourth-order valence-electron chi connectivity index (χ4n) is 3.55. The van der Waals surface area contributed by atoms with Crippen molar-refractivity contribution in [1.29, 1.82) is 0 Å². The van der Waals surface area contributed by atoms with Crippen LogP contribution in [0.4, 0.5) is 4.79 Å². The summed E-state index contributed by atoms with van der Waals surface area (Å²) < 4.78 is 11.5. The van der Waals surface area contributed by atoms with Gasteiger partial charge < -0.3 is 25.4 Å². The molecule has 1 heterocycles. The number of ether oxygens (including phenoxy) is 2. The summed E-state index contributed by atoms with van der Waals surface area (Å²) in [5, 5.41) is 9.64. The van der Waals surface area contributed by atoms with Crippen molar-refractivity contribution in [3.05, 3.63) is 35.4 Å². The summed E-state index contributed by atoms with van der Waals surface area (Å²) in [5.74, 6) is 1.06. The molecule has 1 aromatic rings. The maximum Gasteiger partial charge on any atom is 0.408 e. The van der Waals surface area contributed by atoms with Crippen LogP contribution in [0.1, 0.15) is 64.7 Å². The van der Waals surface area contributed by atoms with Gasteiger partial charge in [0.25, 0.3) is 0 Å². The number of rotatable bonds is 6. The summed E-state index contributed by atoms with van der Waals surface area (Å²) in [4.78, 5) is 16.4. The van der Waals surface area contributed by atoms with E-state index in [1.165, 1.54) is 11.1 Å². The van der Waals surface area contributed by atoms with E-state index in [1.54, 1.807) is 7.05 Å². The van der Waals surface area contributed by atoms with Gasteiger partial charge in [0.05, 0.1) is 11.6 Å². The van der Waals surface area contributed by atoms with Crippen LogP contribution in [-0.4, -0.2) is 49.9 Å². The molecule has 1 amide bonds. The SMILES string of the molecule is CN=C(NCC1CCCOC1c1ccc(C)cc1)NCC(C)(C)NC(=O)OC(C)(C)C.I. The number of hydrogen-bond acceptors (Lipinski definition) is 4. The van der Waals surface area contributed by atoms with Gasteiger partial charge in [0.1, 0.15) is 5.60 Å². The molecule has 3 N–H and O–H groups in total. The maximum absolute atomic E-state index is 12.1. The molecule has 2 atom stereocenters. The van der Waals surface area contributed by atoms with Crippen LogP contribution in [0.3, 0.4) is 0 Å². The van der Waals surface area contributed by atoms with E-state index in [9.17, 15) is 4.79 Å². The molecule has 1 aromatic carbocycles. The highest BCUT2D eigenvalue weighted by atomic mass is 127. The molecule has 8 heteroatoms.